The summed E-state index contributed by atoms with van der Waals surface area (Å²) in [5.41, 5.74) is 7.21. The van der Waals surface area contributed by atoms with Crippen molar-refractivity contribution in [3.8, 4) is 0 Å². The Morgan fingerprint density at radius 1 is 1.50 bits per heavy atom. The Bertz CT molecular complexity index is 482. The minimum absolute atomic E-state index is 0.140. The zero-order valence-electron chi connectivity index (χ0n) is 8.77. The van der Waals surface area contributed by atoms with Crippen LogP contribution in [0.25, 0.3) is 0 Å². The first-order valence-electron chi connectivity index (χ1n) is 4.89. The maximum atomic E-state index is 5.86. The van der Waals surface area contributed by atoms with Crippen LogP contribution in [0.4, 0.5) is 11.7 Å². The second-order valence-electron chi connectivity index (χ2n) is 3.50. The summed E-state index contributed by atoms with van der Waals surface area (Å²) < 4.78 is 5.22. The Balaban J connectivity index is 2.14. The van der Waals surface area contributed by atoms with E-state index in [0.29, 0.717) is 16.7 Å². The van der Waals surface area contributed by atoms with Crippen molar-refractivity contribution in [2.45, 2.75) is 13.0 Å². The van der Waals surface area contributed by atoms with Crippen LogP contribution in [0.5, 0.6) is 0 Å². The van der Waals surface area contributed by atoms with Crippen LogP contribution in [-0.2, 0) is 0 Å². The first-order chi connectivity index (χ1) is 7.65. The fourth-order valence-electron chi connectivity index (χ4n) is 1.24. The van der Waals surface area contributed by atoms with E-state index >= 15 is 0 Å². The molecule has 0 spiro atoms. The van der Waals surface area contributed by atoms with Gasteiger partial charge in [0.05, 0.1) is 5.69 Å². The van der Waals surface area contributed by atoms with Crippen molar-refractivity contribution < 1.29 is 4.42 Å². The first kappa shape index (κ1) is 11.0. The van der Waals surface area contributed by atoms with E-state index < -0.39 is 0 Å². The zero-order valence-corrected chi connectivity index (χ0v) is 9.53. The van der Waals surface area contributed by atoms with Gasteiger partial charge in [-0.2, -0.15) is 4.98 Å². The van der Waals surface area contributed by atoms with E-state index in [2.05, 4.69) is 10.3 Å². The molecule has 1 heterocycles. The number of nitrogens with zero attached hydrogens (tertiary/aromatic N) is 1. The largest absolute Gasteiger partial charge is 0.432 e. The van der Waals surface area contributed by atoms with E-state index in [-0.39, 0.29) is 6.04 Å². The van der Waals surface area contributed by atoms with Crippen molar-refractivity contribution in [1.29, 1.82) is 0 Å². The summed E-state index contributed by atoms with van der Waals surface area (Å²) in [4.78, 5) is 4.19. The highest BCUT2D eigenvalue weighted by molar-refractivity contribution is 6.30. The third kappa shape index (κ3) is 2.53. The Morgan fingerprint density at radius 3 is 2.94 bits per heavy atom. The lowest BCUT2D eigenvalue weighted by molar-refractivity contribution is 0.573. The van der Waals surface area contributed by atoms with Crippen molar-refractivity contribution in [1.82, 2.24) is 4.98 Å². The fraction of sp³-hybridized carbons (Fsp3) is 0.182. The molecule has 1 aromatic heterocycles. The maximum Gasteiger partial charge on any atom is 0.299 e. The van der Waals surface area contributed by atoms with E-state index in [0.717, 1.165) is 5.69 Å². The number of nitrogens with one attached hydrogen (secondary N) is 1. The van der Waals surface area contributed by atoms with Crippen LogP contribution < -0.4 is 11.1 Å². The molecule has 16 heavy (non-hydrogen) atoms. The summed E-state index contributed by atoms with van der Waals surface area (Å²) in [5.74, 6) is 0. The molecule has 0 bridgehead atoms. The molecule has 0 aliphatic carbocycles. The predicted octanol–water partition coefficient (Wildman–Crippen LogP) is 3.09. The van der Waals surface area contributed by atoms with Gasteiger partial charge in [-0.15, -0.1) is 0 Å². The lowest BCUT2D eigenvalue weighted by atomic mass is 10.3. The molecule has 0 amide bonds. The van der Waals surface area contributed by atoms with Crippen molar-refractivity contribution >= 4 is 23.3 Å². The van der Waals surface area contributed by atoms with Gasteiger partial charge in [-0.1, -0.05) is 17.7 Å². The van der Waals surface area contributed by atoms with Crippen LogP contribution >= 0.6 is 11.6 Å². The van der Waals surface area contributed by atoms with Crippen LogP contribution in [-0.4, -0.2) is 4.98 Å². The monoisotopic (exact) mass is 237 g/mol. The summed E-state index contributed by atoms with van der Waals surface area (Å²) in [7, 11) is 0. The number of hydrogen-bond donors (Lipinski definition) is 2. The molecule has 0 aliphatic rings. The minimum atomic E-state index is -0.140. The number of nitrogens with two attached hydrogens (primary N) is 1. The number of anilines is 2. The topological polar surface area (TPSA) is 64.1 Å². The molecule has 5 heteroatoms. The van der Waals surface area contributed by atoms with Crippen molar-refractivity contribution in [2.75, 3.05) is 5.32 Å². The summed E-state index contributed by atoms with van der Waals surface area (Å²) in [6.45, 7) is 1.85. The van der Waals surface area contributed by atoms with Gasteiger partial charge < -0.3 is 15.5 Å². The van der Waals surface area contributed by atoms with E-state index in [9.17, 15) is 0 Å². The van der Waals surface area contributed by atoms with E-state index in [4.69, 9.17) is 21.8 Å². The molecule has 0 radical (unpaired) electrons. The SMILES string of the molecule is CC(N)c1coc(Nc2cccc(Cl)c2)n1. The van der Waals surface area contributed by atoms with Gasteiger partial charge in [0.1, 0.15) is 6.26 Å². The van der Waals surface area contributed by atoms with E-state index in [1.807, 2.05) is 19.1 Å². The highest BCUT2D eigenvalue weighted by Gasteiger charge is 2.07. The number of benzene rings is 1. The van der Waals surface area contributed by atoms with Gasteiger partial charge in [-0.25, -0.2) is 0 Å². The summed E-state index contributed by atoms with van der Waals surface area (Å²) in [6, 6.07) is 7.59. The third-order valence-corrected chi connectivity index (χ3v) is 2.30. The van der Waals surface area contributed by atoms with Crippen LogP contribution in [0.15, 0.2) is 34.9 Å². The van der Waals surface area contributed by atoms with Gasteiger partial charge in [0.25, 0.3) is 6.01 Å². The predicted molar refractivity (Wildman–Crippen MR) is 63.8 cm³/mol. The summed E-state index contributed by atoms with van der Waals surface area (Å²) in [6.07, 6.45) is 1.54. The molecule has 1 unspecified atom stereocenters. The van der Waals surface area contributed by atoms with Gasteiger partial charge in [-0.3, -0.25) is 0 Å². The molecule has 0 saturated carbocycles. The molecule has 3 N–H and O–H groups in total. The second kappa shape index (κ2) is 4.55. The van der Waals surface area contributed by atoms with Crippen molar-refractivity contribution in [3.63, 3.8) is 0 Å². The standard InChI is InChI=1S/C11H12ClN3O/c1-7(13)10-6-16-11(15-10)14-9-4-2-3-8(12)5-9/h2-7H,13H2,1H3,(H,14,15). The highest BCUT2D eigenvalue weighted by Crippen LogP contribution is 2.20. The van der Waals surface area contributed by atoms with Gasteiger partial charge in [0.2, 0.25) is 0 Å². The molecule has 4 nitrogen and oxygen atoms in total. The lowest BCUT2D eigenvalue weighted by Crippen LogP contribution is -2.05. The Hall–Kier alpha value is -1.52. The van der Waals surface area contributed by atoms with Crippen LogP contribution in [0.3, 0.4) is 0 Å². The molecule has 1 aromatic carbocycles. The quantitative estimate of drug-likeness (QED) is 0.861. The Kier molecular flexibility index (Phi) is 3.12. The van der Waals surface area contributed by atoms with Crippen LogP contribution in [0.2, 0.25) is 5.02 Å². The maximum absolute atomic E-state index is 5.86. The van der Waals surface area contributed by atoms with Gasteiger partial charge >= 0.3 is 0 Å². The molecule has 0 saturated heterocycles. The fourth-order valence-corrected chi connectivity index (χ4v) is 1.43. The number of hydrogen-bond acceptors (Lipinski definition) is 4. The third-order valence-electron chi connectivity index (χ3n) is 2.06. The second-order valence-corrected chi connectivity index (χ2v) is 3.94. The van der Waals surface area contributed by atoms with Crippen molar-refractivity contribution in [2.24, 2.45) is 5.73 Å². The van der Waals surface area contributed by atoms with Crippen LogP contribution in [0, 0.1) is 0 Å². The summed E-state index contributed by atoms with van der Waals surface area (Å²) >= 11 is 5.86. The summed E-state index contributed by atoms with van der Waals surface area (Å²) in [5, 5.41) is 3.66. The van der Waals surface area contributed by atoms with Gasteiger partial charge in [0.15, 0.2) is 0 Å². The smallest absolute Gasteiger partial charge is 0.299 e. The molecule has 2 rings (SSSR count). The molecular formula is C11H12ClN3O. The molecular weight excluding hydrogens is 226 g/mol. The zero-order chi connectivity index (χ0) is 11.5. The molecule has 0 fully saturated rings. The minimum Gasteiger partial charge on any atom is -0.432 e. The number of halogens is 1. The van der Waals surface area contributed by atoms with Crippen molar-refractivity contribution in [3.05, 3.63) is 41.2 Å². The highest BCUT2D eigenvalue weighted by atomic mass is 35.5. The normalized spacial score (nSPS) is 12.4. The van der Waals surface area contributed by atoms with E-state index in [1.165, 1.54) is 6.26 Å². The van der Waals surface area contributed by atoms with Gasteiger partial charge in [-0.05, 0) is 25.1 Å². The number of aromatic nitrogens is 1. The number of rotatable bonds is 3. The Morgan fingerprint density at radius 2 is 2.31 bits per heavy atom. The Labute approximate surface area is 98.4 Å². The number of oxazole rings is 1. The first-order valence-corrected chi connectivity index (χ1v) is 5.26. The molecule has 0 aliphatic heterocycles. The van der Waals surface area contributed by atoms with Gasteiger partial charge in [0, 0.05) is 16.8 Å². The molecule has 84 valence electrons. The van der Waals surface area contributed by atoms with E-state index in [1.54, 1.807) is 12.1 Å². The average Bonchev–Trinajstić information content (AvgIpc) is 2.66. The molecule has 1 atom stereocenters. The lowest BCUT2D eigenvalue weighted by Gasteiger charge is -2.01. The van der Waals surface area contributed by atoms with Crippen LogP contribution in [0.1, 0.15) is 18.7 Å². The molecule has 2 aromatic rings. The average molecular weight is 238 g/mol.